The molecule has 1 aromatic heterocycles. The van der Waals surface area contributed by atoms with E-state index in [0.717, 1.165) is 17.6 Å². The Balaban J connectivity index is 1.57. The number of amides is 2. The van der Waals surface area contributed by atoms with Crippen molar-refractivity contribution in [1.29, 1.82) is 0 Å². The van der Waals surface area contributed by atoms with Crippen LogP contribution >= 0.6 is 0 Å². The second kappa shape index (κ2) is 7.23. The van der Waals surface area contributed by atoms with Crippen LogP contribution in [0.2, 0.25) is 0 Å². The Labute approximate surface area is 141 Å². The van der Waals surface area contributed by atoms with Crippen molar-refractivity contribution in [3.63, 3.8) is 0 Å². The molecule has 2 atom stereocenters. The van der Waals surface area contributed by atoms with E-state index >= 15 is 0 Å². The first-order valence-corrected chi connectivity index (χ1v) is 8.43. The van der Waals surface area contributed by atoms with Crippen molar-refractivity contribution in [2.45, 2.75) is 32.5 Å². The number of nitrogens with zero attached hydrogens (tertiary/aromatic N) is 1. The molecule has 3 rings (SSSR count). The van der Waals surface area contributed by atoms with Crippen molar-refractivity contribution in [2.75, 3.05) is 26.2 Å². The monoisotopic (exact) mass is 331 g/mol. The third kappa shape index (κ3) is 3.55. The quantitative estimate of drug-likeness (QED) is 0.799. The lowest BCUT2D eigenvalue weighted by Crippen LogP contribution is -2.53. The molecule has 2 amide bonds. The highest BCUT2D eigenvalue weighted by Gasteiger charge is 2.27. The number of para-hydroxylation sites is 1. The number of fused-ring (bicyclic) bond motifs is 1. The largest absolute Gasteiger partial charge is 0.394 e. The summed E-state index contributed by atoms with van der Waals surface area (Å²) in [7, 11) is 0. The Kier molecular flexibility index (Phi) is 5.06. The molecule has 24 heavy (non-hydrogen) atoms. The minimum atomic E-state index is -0.296. The van der Waals surface area contributed by atoms with Gasteiger partial charge in [-0.2, -0.15) is 0 Å². The highest BCUT2D eigenvalue weighted by atomic mass is 16.5. The van der Waals surface area contributed by atoms with Gasteiger partial charge in [0.05, 0.1) is 25.4 Å². The molecule has 0 radical (unpaired) electrons. The summed E-state index contributed by atoms with van der Waals surface area (Å²) >= 11 is 0. The summed E-state index contributed by atoms with van der Waals surface area (Å²) in [6.07, 6.45) is 0.429. The molecule has 1 saturated heterocycles. The molecule has 0 aliphatic carbocycles. The second-order valence-electron chi connectivity index (χ2n) is 6.41. The number of morpholine rings is 1. The van der Waals surface area contributed by atoms with Gasteiger partial charge in [0.15, 0.2) is 0 Å². The first-order valence-electron chi connectivity index (χ1n) is 8.43. The van der Waals surface area contributed by atoms with Crippen molar-refractivity contribution in [1.82, 2.24) is 15.2 Å². The summed E-state index contributed by atoms with van der Waals surface area (Å²) in [5, 5.41) is 13.4. The predicted octanol–water partition coefficient (Wildman–Crippen LogP) is 1.81. The number of aliphatic hydroxyl groups is 1. The fourth-order valence-electron chi connectivity index (χ4n) is 3.38. The van der Waals surface area contributed by atoms with Crippen LogP contribution in [0.1, 0.15) is 18.2 Å². The molecule has 2 aromatic rings. The van der Waals surface area contributed by atoms with Gasteiger partial charge in [-0.3, -0.25) is 0 Å². The summed E-state index contributed by atoms with van der Waals surface area (Å²) in [4.78, 5) is 17.5. The third-order valence-corrected chi connectivity index (χ3v) is 4.50. The summed E-state index contributed by atoms with van der Waals surface area (Å²) < 4.78 is 5.57. The molecule has 1 aliphatic heterocycles. The number of aromatic nitrogens is 1. The standard InChI is InChI=1S/C18H25N3O3/c1-12-9-21(10-14(11-22)24-12)18(23)19-8-7-15-13(2)20-17-6-4-3-5-16(15)17/h3-6,12,14,20,22H,7-11H2,1-2H3,(H,19,23)/t12-,14-/m0/s1. The van der Waals surface area contributed by atoms with Crippen LogP contribution in [0.5, 0.6) is 0 Å². The van der Waals surface area contributed by atoms with Crippen LogP contribution in [0.3, 0.4) is 0 Å². The smallest absolute Gasteiger partial charge is 0.317 e. The molecule has 3 N–H and O–H groups in total. The molecule has 6 heteroatoms. The summed E-state index contributed by atoms with van der Waals surface area (Å²) in [5.74, 6) is 0. The van der Waals surface area contributed by atoms with Crippen LogP contribution in [-0.2, 0) is 11.2 Å². The molecule has 6 nitrogen and oxygen atoms in total. The predicted molar refractivity (Wildman–Crippen MR) is 93.1 cm³/mol. The third-order valence-electron chi connectivity index (χ3n) is 4.50. The average molecular weight is 331 g/mol. The molecule has 130 valence electrons. The Morgan fingerprint density at radius 2 is 2.21 bits per heavy atom. The first-order chi connectivity index (χ1) is 11.6. The number of rotatable bonds is 4. The maximum absolute atomic E-state index is 12.4. The topological polar surface area (TPSA) is 77.6 Å². The fraction of sp³-hybridized carbons (Fsp3) is 0.500. The van der Waals surface area contributed by atoms with E-state index in [0.29, 0.717) is 19.6 Å². The van der Waals surface area contributed by atoms with Gasteiger partial charge in [-0.1, -0.05) is 18.2 Å². The molecule has 0 saturated carbocycles. The molecule has 0 bridgehead atoms. The van der Waals surface area contributed by atoms with Gasteiger partial charge in [-0.05, 0) is 31.9 Å². The first kappa shape index (κ1) is 16.8. The SMILES string of the molecule is Cc1[nH]c2ccccc2c1CCNC(=O)N1C[C@@H](CO)O[C@@H](C)C1. The lowest BCUT2D eigenvalue weighted by Gasteiger charge is -2.36. The van der Waals surface area contributed by atoms with Gasteiger partial charge in [-0.15, -0.1) is 0 Å². The molecular weight excluding hydrogens is 306 g/mol. The minimum Gasteiger partial charge on any atom is -0.394 e. The summed E-state index contributed by atoms with van der Waals surface area (Å²) in [6.45, 7) is 5.47. The van der Waals surface area contributed by atoms with E-state index in [1.165, 1.54) is 10.9 Å². The number of aryl methyl sites for hydroxylation is 1. The van der Waals surface area contributed by atoms with Crippen LogP contribution < -0.4 is 5.32 Å². The molecule has 0 unspecified atom stereocenters. The minimum absolute atomic E-state index is 0.0579. The fourth-order valence-corrected chi connectivity index (χ4v) is 3.38. The number of aliphatic hydroxyl groups excluding tert-OH is 1. The molecule has 1 aromatic carbocycles. The normalized spacial score (nSPS) is 21.2. The number of H-pyrrole nitrogens is 1. The van der Waals surface area contributed by atoms with E-state index in [1.54, 1.807) is 4.90 Å². The van der Waals surface area contributed by atoms with Gasteiger partial charge in [-0.25, -0.2) is 4.79 Å². The molecule has 1 aliphatic rings. The summed E-state index contributed by atoms with van der Waals surface area (Å²) in [5.41, 5.74) is 3.52. The van der Waals surface area contributed by atoms with Gasteiger partial charge in [0.25, 0.3) is 0 Å². The van der Waals surface area contributed by atoms with E-state index in [1.807, 2.05) is 19.1 Å². The van der Waals surface area contributed by atoms with Crippen LogP contribution in [0.25, 0.3) is 10.9 Å². The number of benzene rings is 1. The molecule has 1 fully saturated rings. The Morgan fingerprint density at radius 3 is 3.00 bits per heavy atom. The second-order valence-corrected chi connectivity index (χ2v) is 6.41. The van der Waals surface area contributed by atoms with Crippen LogP contribution in [0, 0.1) is 6.92 Å². The zero-order valence-corrected chi connectivity index (χ0v) is 14.2. The average Bonchev–Trinajstić information content (AvgIpc) is 2.90. The molecular formula is C18H25N3O3. The Bertz CT molecular complexity index is 713. The maximum atomic E-state index is 12.4. The Hall–Kier alpha value is -2.05. The van der Waals surface area contributed by atoms with E-state index in [4.69, 9.17) is 4.74 Å². The van der Waals surface area contributed by atoms with Gasteiger partial charge >= 0.3 is 6.03 Å². The lowest BCUT2D eigenvalue weighted by molar-refractivity contribution is -0.0833. The van der Waals surface area contributed by atoms with Crippen LogP contribution in [0.15, 0.2) is 24.3 Å². The highest BCUT2D eigenvalue weighted by molar-refractivity contribution is 5.84. The van der Waals surface area contributed by atoms with Crippen molar-refractivity contribution in [3.8, 4) is 0 Å². The number of nitrogens with one attached hydrogen (secondary N) is 2. The van der Waals surface area contributed by atoms with Crippen molar-refractivity contribution in [3.05, 3.63) is 35.5 Å². The number of ether oxygens (including phenoxy) is 1. The van der Waals surface area contributed by atoms with Gasteiger partial charge < -0.3 is 25.0 Å². The van der Waals surface area contributed by atoms with Crippen molar-refractivity contribution in [2.24, 2.45) is 0 Å². The number of hydrogen-bond donors (Lipinski definition) is 3. The van der Waals surface area contributed by atoms with Crippen molar-refractivity contribution < 1.29 is 14.6 Å². The van der Waals surface area contributed by atoms with E-state index in [9.17, 15) is 9.90 Å². The van der Waals surface area contributed by atoms with Gasteiger partial charge in [0.1, 0.15) is 0 Å². The molecule has 0 spiro atoms. The molecule has 2 heterocycles. The number of aromatic amines is 1. The van der Waals surface area contributed by atoms with Gasteiger partial charge in [0, 0.05) is 29.7 Å². The van der Waals surface area contributed by atoms with Crippen LogP contribution in [0.4, 0.5) is 4.79 Å². The number of carbonyl (C=O) groups excluding carboxylic acids is 1. The Morgan fingerprint density at radius 1 is 1.42 bits per heavy atom. The number of hydrogen-bond acceptors (Lipinski definition) is 3. The summed E-state index contributed by atoms with van der Waals surface area (Å²) in [6, 6.07) is 8.11. The number of carbonyl (C=O) groups is 1. The van der Waals surface area contributed by atoms with E-state index in [-0.39, 0.29) is 24.8 Å². The van der Waals surface area contributed by atoms with Crippen LogP contribution in [-0.4, -0.2) is 59.5 Å². The zero-order chi connectivity index (χ0) is 17.1. The van der Waals surface area contributed by atoms with E-state index in [2.05, 4.69) is 29.4 Å². The van der Waals surface area contributed by atoms with Gasteiger partial charge in [0.2, 0.25) is 0 Å². The number of urea groups is 1. The van der Waals surface area contributed by atoms with E-state index < -0.39 is 0 Å². The highest BCUT2D eigenvalue weighted by Crippen LogP contribution is 2.22. The zero-order valence-electron chi connectivity index (χ0n) is 14.2. The van der Waals surface area contributed by atoms with Crippen molar-refractivity contribution >= 4 is 16.9 Å². The maximum Gasteiger partial charge on any atom is 0.317 e. The lowest BCUT2D eigenvalue weighted by atomic mass is 10.1.